The molecule has 0 saturated carbocycles. The first-order chi connectivity index (χ1) is 6.15. The minimum atomic E-state index is 0.273. The van der Waals surface area contributed by atoms with Crippen LogP contribution in [0.4, 0.5) is 0 Å². The molecule has 0 aromatic carbocycles. The molecule has 3 heteroatoms. The van der Waals surface area contributed by atoms with Gasteiger partial charge in [0.25, 0.3) is 0 Å². The van der Waals surface area contributed by atoms with Crippen LogP contribution in [-0.2, 0) is 4.79 Å². The molecule has 1 fully saturated rings. The fourth-order valence-electron chi connectivity index (χ4n) is 1.84. The molecule has 0 radical (unpaired) electrons. The highest BCUT2D eigenvalue weighted by atomic mass is 16.2. The minimum Gasteiger partial charge on any atom is -0.343 e. The Labute approximate surface area is 80.7 Å². The molecule has 1 heterocycles. The lowest BCUT2D eigenvalue weighted by Gasteiger charge is -2.35. The van der Waals surface area contributed by atoms with E-state index in [-0.39, 0.29) is 5.91 Å². The monoisotopic (exact) mass is 184 g/mol. The highest BCUT2D eigenvalue weighted by molar-refractivity contribution is 5.75. The molecule has 1 saturated heterocycles. The van der Waals surface area contributed by atoms with Gasteiger partial charge in [-0.3, -0.25) is 4.79 Å². The van der Waals surface area contributed by atoms with Crippen LogP contribution in [0.5, 0.6) is 0 Å². The van der Waals surface area contributed by atoms with Gasteiger partial charge in [-0.1, -0.05) is 6.92 Å². The van der Waals surface area contributed by atoms with Gasteiger partial charge in [-0.05, 0) is 33.0 Å². The molecule has 0 unspecified atom stereocenters. The lowest BCUT2D eigenvalue weighted by Crippen LogP contribution is -2.44. The summed E-state index contributed by atoms with van der Waals surface area (Å²) in [6.45, 7) is 4.16. The second kappa shape index (κ2) is 4.61. The van der Waals surface area contributed by atoms with Crippen molar-refractivity contribution in [3.8, 4) is 0 Å². The SMILES string of the molecule is CCC(=O)N(C)C1CCN(C)CC1. The maximum Gasteiger partial charge on any atom is 0.222 e. The van der Waals surface area contributed by atoms with E-state index in [1.165, 1.54) is 0 Å². The largest absolute Gasteiger partial charge is 0.343 e. The number of amides is 1. The Morgan fingerprint density at radius 1 is 1.46 bits per heavy atom. The number of hydrogen-bond donors (Lipinski definition) is 0. The lowest BCUT2D eigenvalue weighted by molar-refractivity contribution is -0.132. The van der Waals surface area contributed by atoms with Gasteiger partial charge in [0.2, 0.25) is 5.91 Å². The minimum absolute atomic E-state index is 0.273. The normalized spacial score (nSPS) is 20.2. The first-order valence-corrected chi connectivity index (χ1v) is 5.09. The van der Waals surface area contributed by atoms with Crippen molar-refractivity contribution in [3.63, 3.8) is 0 Å². The zero-order valence-electron chi connectivity index (χ0n) is 8.92. The zero-order valence-corrected chi connectivity index (χ0v) is 8.92. The summed E-state index contributed by atoms with van der Waals surface area (Å²) in [5.74, 6) is 0.273. The van der Waals surface area contributed by atoms with E-state index in [0.717, 1.165) is 25.9 Å². The molecule has 1 amide bonds. The van der Waals surface area contributed by atoms with Crippen molar-refractivity contribution in [2.24, 2.45) is 0 Å². The third-order valence-electron chi connectivity index (χ3n) is 2.93. The predicted octanol–water partition coefficient (Wildman–Crippen LogP) is 0.949. The fourth-order valence-corrected chi connectivity index (χ4v) is 1.84. The molecule has 0 aromatic rings. The van der Waals surface area contributed by atoms with Gasteiger partial charge in [0.05, 0.1) is 0 Å². The van der Waals surface area contributed by atoms with Crippen molar-refractivity contribution in [1.82, 2.24) is 9.80 Å². The molecule has 1 aliphatic heterocycles. The number of nitrogens with zero attached hydrogens (tertiary/aromatic N) is 2. The Morgan fingerprint density at radius 2 is 2.00 bits per heavy atom. The van der Waals surface area contributed by atoms with Crippen molar-refractivity contribution in [3.05, 3.63) is 0 Å². The molecule has 0 atom stereocenters. The summed E-state index contributed by atoms with van der Waals surface area (Å²) in [6.07, 6.45) is 2.88. The van der Waals surface area contributed by atoms with Crippen LogP contribution in [-0.4, -0.2) is 48.9 Å². The summed E-state index contributed by atoms with van der Waals surface area (Å²) in [7, 11) is 4.07. The molecule has 76 valence electrons. The average Bonchev–Trinajstić information content (AvgIpc) is 2.17. The molecular weight excluding hydrogens is 164 g/mol. The summed E-state index contributed by atoms with van der Waals surface area (Å²) in [5.41, 5.74) is 0. The van der Waals surface area contributed by atoms with E-state index >= 15 is 0 Å². The number of carbonyl (C=O) groups excluding carboxylic acids is 1. The Kier molecular flexibility index (Phi) is 3.72. The summed E-state index contributed by atoms with van der Waals surface area (Å²) < 4.78 is 0. The average molecular weight is 184 g/mol. The molecule has 13 heavy (non-hydrogen) atoms. The Balaban J connectivity index is 2.39. The van der Waals surface area contributed by atoms with E-state index in [0.29, 0.717) is 12.5 Å². The Bertz CT molecular complexity index is 174. The molecule has 3 nitrogen and oxygen atoms in total. The molecule has 0 aromatic heterocycles. The summed E-state index contributed by atoms with van der Waals surface area (Å²) in [6, 6.07) is 0.476. The smallest absolute Gasteiger partial charge is 0.222 e. The van der Waals surface area contributed by atoms with Crippen LogP contribution in [0.3, 0.4) is 0 Å². The van der Waals surface area contributed by atoms with Crippen molar-refractivity contribution in [2.45, 2.75) is 32.2 Å². The second-order valence-corrected chi connectivity index (χ2v) is 3.89. The van der Waals surface area contributed by atoms with Gasteiger partial charge in [0, 0.05) is 19.5 Å². The van der Waals surface area contributed by atoms with E-state index in [2.05, 4.69) is 11.9 Å². The number of piperidine rings is 1. The van der Waals surface area contributed by atoms with Gasteiger partial charge in [-0.15, -0.1) is 0 Å². The highest BCUT2D eigenvalue weighted by Crippen LogP contribution is 2.14. The number of rotatable bonds is 2. The zero-order chi connectivity index (χ0) is 9.84. The van der Waals surface area contributed by atoms with E-state index < -0.39 is 0 Å². The van der Waals surface area contributed by atoms with Gasteiger partial charge >= 0.3 is 0 Å². The van der Waals surface area contributed by atoms with E-state index in [9.17, 15) is 4.79 Å². The number of hydrogen-bond acceptors (Lipinski definition) is 2. The standard InChI is InChI=1S/C10H20N2O/c1-4-10(13)12(3)9-5-7-11(2)8-6-9/h9H,4-8H2,1-3H3. The van der Waals surface area contributed by atoms with Crippen molar-refractivity contribution in [1.29, 1.82) is 0 Å². The van der Waals surface area contributed by atoms with Crippen LogP contribution in [0.1, 0.15) is 26.2 Å². The van der Waals surface area contributed by atoms with Gasteiger partial charge in [0.1, 0.15) is 0 Å². The van der Waals surface area contributed by atoms with E-state index in [4.69, 9.17) is 0 Å². The van der Waals surface area contributed by atoms with Crippen molar-refractivity contribution >= 4 is 5.91 Å². The van der Waals surface area contributed by atoms with Crippen LogP contribution in [0.15, 0.2) is 0 Å². The van der Waals surface area contributed by atoms with E-state index in [1.807, 2.05) is 18.9 Å². The van der Waals surface area contributed by atoms with Crippen LogP contribution in [0.2, 0.25) is 0 Å². The molecule has 0 bridgehead atoms. The van der Waals surface area contributed by atoms with Crippen LogP contribution in [0, 0.1) is 0 Å². The van der Waals surface area contributed by atoms with Gasteiger partial charge in [-0.25, -0.2) is 0 Å². The predicted molar refractivity (Wildman–Crippen MR) is 53.6 cm³/mol. The summed E-state index contributed by atoms with van der Waals surface area (Å²) in [4.78, 5) is 15.6. The summed E-state index contributed by atoms with van der Waals surface area (Å²) in [5, 5.41) is 0. The Morgan fingerprint density at radius 3 is 2.46 bits per heavy atom. The molecule has 0 aliphatic carbocycles. The van der Waals surface area contributed by atoms with Crippen molar-refractivity contribution < 1.29 is 4.79 Å². The van der Waals surface area contributed by atoms with Gasteiger partial charge in [-0.2, -0.15) is 0 Å². The molecular formula is C10H20N2O. The van der Waals surface area contributed by atoms with Crippen LogP contribution >= 0.6 is 0 Å². The topological polar surface area (TPSA) is 23.6 Å². The molecule has 0 spiro atoms. The first kappa shape index (κ1) is 10.5. The first-order valence-electron chi connectivity index (χ1n) is 5.09. The maximum atomic E-state index is 11.4. The second-order valence-electron chi connectivity index (χ2n) is 3.89. The van der Waals surface area contributed by atoms with Crippen molar-refractivity contribution in [2.75, 3.05) is 27.2 Å². The molecule has 0 N–H and O–H groups in total. The quantitative estimate of drug-likeness (QED) is 0.638. The van der Waals surface area contributed by atoms with Crippen LogP contribution < -0.4 is 0 Å². The maximum absolute atomic E-state index is 11.4. The Hall–Kier alpha value is -0.570. The number of likely N-dealkylation sites (tertiary alicyclic amines) is 1. The lowest BCUT2D eigenvalue weighted by atomic mass is 10.0. The summed E-state index contributed by atoms with van der Waals surface area (Å²) >= 11 is 0. The van der Waals surface area contributed by atoms with Crippen LogP contribution in [0.25, 0.3) is 0 Å². The van der Waals surface area contributed by atoms with Gasteiger partial charge in [0.15, 0.2) is 0 Å². The highest BCUT2D eigenvalue weighted by Gasteiger charge is 2.22. The molecule has 1 rings (SSSR count). The molecule has 1 aliphatic rings. The third kappa shape index (κ3) is 2.69. The number of carbonyl (C=O) groups is 1. The van der Waals surface area contributed by atoms with Gasteiger partial charge < -0.3 is 9.80 Å². The third-order valence-corrected chi connectivity index (χ3v) is 2.93. The van der Waals surface area contributed by atoms with E-state index in [1.54, 1.807) is 0 Å². The fraction of sp³-hybridized carbons (Fsp3) is 0.900.